The van der Waals surface area contributed by atoms with Gasteiger partial charge in [0.25, 0.3) is 0 Å². The molecule has 0 amide bonds. The number of halogens is 1. The molecule has 0 N–H and O–H groups in total. The molecule has 3 rings (SSSR count). The predicted octanol–water partition coefficient (Wildman–Crippen LogP) is 4.87. The van der Waals surface area contributed by atoms with E-state index in [0.717, 1.165) is 42.4 Å². The van der Waals surface area contributed by atoms with Crippen molar-refractivity contribution in [3.8, 4) is 5.75 Å². The van der Waals surface area contributed by atoms with Crippen LogP contribution < -0.4 is 4.74 Å². The van der Waals surface area contributed by atoms with Crippen LogP contribution in [0.4, 0.5) is 4.39 Å². The molecule has 0 bridgehead atoms. The van der Waals surface area contributed by atoms with Crippen LogP contribution in [-0.4, -0.2) is 30.1 Å². The molecule has 3 aromatic rings. The molecule has 0 aliphatic rings. The lowest BCUT2D eigenvalue weighted by atomic mass is 10.1. The quantitative estimate of drug-likeness (QED) is 0.574. The van der Waals surface area contributed by atoms with Crippen LogP contribution in [0.15, 0.2) is 48.7 Å². The highest BCUT2D eigenvalue weighted by Gasteiger charge is 2.14. The van der Waals surface area contributed by atoms with Crippen molar-refractivity contribution in [2.45, 2.75) is 32.9 Å². The molecule has 2 aromatic carbocycles. The fourth-order valence-corrected chi connectivity index (χ4v) is 3.18. The molecule has 0 fully saturated rings. The Morgan fingerprint density at radius 1 is 1.12 bits per heavy atom. The highest BCUT2D eigenvalue weighted by molar-refractivity contribution is 5.85. The largest absolute Gasteiger partial charge is 0.486 e. The molecular formula is C22H27FN2O. The van der Waals surface area contributed by atoms with Crippen LogP contribution in [-0.2, 0) is 19.6 Å². The van der Waals surface area contributed by atoms with Gasteiger partial charge in [-0.1, -0.05) is 37.3 Å². The molecule has 4 heteroatoms. The molecule has 0 saturated heterocycles. The number of nitrogens with zero attached hydrogens (tertiary/aromatic N) is 2. The third-order valence-electron chi connectivity index (χ3n) is 4.55. The fraction of sp³-hybridized carbons (Fsp3) is 0.364. The molecule has 1 heterocycles. The van der Waals surface area contributed by atoms with Crippen molar-refractivity contribution in [2.75, 3.05) is 20.6 Å². The smallest absolute Gasteiger partial charge is 0.165 e. The first-order valence-corrected chi connectivity index (χ1v) is 9.21. The molecule has 3 nitrogen and oxygen atoms in total. The lowest BCUT2D eigenvalue weighted by Crippen LogP contribution is -2.14. The molecule has 0 aliphatic carbocycles. The van der Waals surface area contributed by atoms with Gasteiger partial charge in [-0.05, 0) is 44.1 Å². The number of rotatable bonds is 8. The second-order valence-corrected chi connectivity index (χ2v) is 6.98. The summed E-state index contributed by atoms with van der Waals surface area (Å²) in [6.07, 6.45) is 4.11. The summed E-state index contributed by atoms with van der Waals surface area (Å²) in [5.41, 5.74) is 3.27. The van der Waals surface area contributed by atoms with E-state index >= 15 is 0 Å². The number of fused-ring (bicyclic) bond motifs is 1. The second-order valence-electron chi connectivity index (χ2n) is 6.98. The SMILES string of the molecule is CCCn1cc(CCN(C)C)c2cc(F)c(OCc3ccccc3)cc21. The predicted molar refractivity (Wildman–Crippen MR) is 105 cm³/mol. The van der Waals surface area contributed by atoms with Crippen molar-refractivity contribution in [3.05, 3.63) is 65.6 Å². The van der Waals surface area contributed by atoms with Gasteiger partial charge < -0.3 is 14.2 Å². The number of likely N-dealkylation sites (N-methyl/N-ethyl adjacent to an activating group) is 1. The Balaban J connectivity index is 1.90. The van der Waals surface area contributed by atoms with Gasteiger partial charge in [0.1, 0.15) is 6.61 Å². The van der Waals surface area contributed by atoms with Gasteiger partial charge in [0, 0.05) is 30.7 Å². The molecular weight excluding hydrogens is 327 g/mol. The van der Waals surface area contributed by atoms with Crippen LogP contribution in [0, 0.1) is 5.82 Å². The topological polar surface area (TPSA) is 17.4 Å². The third-order valence-corrected chi connectivity index (χ3v) is 4.55. The Hall–Kier alpha value is -2.33. The van der Waals surface area contributed by atoms with Crippen LogP contribution >= 0.6 is 0 Å². The van der Waals surface area contributed by atoms with E-state index in [-0.39, 0.29) is 5.82 Å². The average molecular weight is 354 g/mol. The second kappa shape index (κ2) is 8.37. The zero-order valence-corrected chi connectivity index (χ0v) is 15.8. The van der Waals surface area contributed by atoms with Gasteiger partial charge in [-0.25, -0.2) is 4.39 Å². The maximum absolute atomic E-state index is 14.7. The summed E-state index contributed by atoms with van der Waals surface area (Å²) in [5, 5.41) is 0.991. The number of hydrogen-bond donors (Lipinski definition) is 0. The molecule has 0 aliphatic heterocycles. The molecule has 0 saturated carbocycles. The van der Waals surface area contributed by atoms with Gasteiger partial charge in [-0.3, -0.25) is 0 Å². The summed E-state index contributed by atoms with van der Waals surface area (Å²) in [4.78, 5) is 2.15. The van der Waals surface area contributed by atoms with E-state index in [2.05, 4.69) is 36.7 Å². The van der Waals surface area contributed by atoms with E-state index in [1.54, 1.807) is 6.07 Å². The summed E-state index contributed by atoms with van der Waals surface area (Å²) < 4.78 is 22.6. The highest BCUT2D eigenvalue weighted by Crippen LogP contribution is 2.30. The van der Waals surface area contributed by atoms with E-state index in [1.165, 1.54) is 5.56 Å². The zero-order chi connectivity index (χ0) is 18.5. The van der Waals surface area contributed by atoms with Crippen molar-refractivity contribution in [3.63, 3.8) is 0 Å². The maximum atomic E-state index is 14.7. The Morgan fingerprint density at radius 3 is 2.58 bits per heavy atom. The number of ether oxygens (including phenoxy) is 1. The summed E-state index contributed by atoms with van der Waals surface area (Å²) >= 11 is 0. The summed E-state index contributed by atoms with van der Waals surface area (Å²) in [7, 11) is 4.11. The van der Waals surface area contributed by atoms with E-state index in [0.29, 0.717) is 12.4 Å². The Labute approximate surface area is 155 Å². The minimum Gasteiger partial charge on any atom is -0.486 e. The fourth-order valence-electron chi connectivity index (χ4n) is 3.18. The van der Waals surface area contributed by atoms with E-state index in [4.69, 9.17) is 4.74 Å². The van der Waals surface area contributed by atoms with Gasteiger partial charge in [-0.15, -0.1) is 0 Å². The van der Waals surface area contributed by atoms with Gasteiger partial charge in [0.2, 0.25) is 0 Å². The van der Waals surface area contributed by atoms with Crippen LogP contribution in [0.3, 0.4) is 0 Å². The molecule has 0 atom stereocenters. The average Bonchev–Trinajstić information content (AvgIpc) is 2.96. The van der Waals surface area contributed by atoms with Gasteiger partial charge in [0.15, 0.2) is 11.6 Å². The van der Waals surface area contributed by atoms with Gasteiger partial charge >= 0.3 is 0 Å². The number of aromatic nitrogens is 1. The summed E-state index contributed by atoms with van der Waals surface area (Å²) in [6.45, 7) is 4.38. The molecule has 0 spiro atoms. The molecule has 138 valence electrons. The lowest BCUT2D eigenvalue weighted by Gasteiger charge is -2.10. The van der Waals surface area contributed by atoms with Crippen LogP contribution in [0.2, 0.25) is 0 Å². The number of hydrogen-bond acceptors (Lipinski definition) is 2. The van der Waals surface area contributed by atoms with E-state index < -0.39 is 0 Å². The zero-order valence-electron chi connectivity index (χ0n) is 15.8. The van der Waals surface area contributed by atoms with Crippen molar-refractivity contribution >= 4 is 10.9 Å². The first-order valence-electron chi connectivity index (χ1n) is 9.21. The Bertz CT molecular complexity index is 855. The summed E-state index contributed by atoms with van der Waals surface area (Å²) in [5.74, 6) is 0.0183. The molecule has 1 aromatic heterocycles. The molecule has 0 radical (unpaired) electrons. The van der Waals surface area contributed by atoms with Gasteiger partial charge in [0.05, 0.1) is 5.52 Å². The van der Waals surface area contributed by atoms with Crippen LogP contribution in [0.5, 0.6) is 5.75 Å². The summed E-state index contributed by atoms with van der Waals surface area (Å²) in [6, 6.07) is 13.3. The van der Waals surface area contributed by atoms with Crippen LogP contribution in [0.25, 0.3) is 10.9 Å². The monoisotopic (exact) mass is 354 g/mol. The van der Waals surface area contributed by atoms with Crippen molar-refractivity contribution < 1.29 is 9.13 Å². The van der Waals surface area contributed by atoms with Crippen molar-refractivity contribution in [1.29, 1.82) is 0 Å². The Kier molecular flexibility index (Phi) is 5.94. The Morgan fingerprint density at radius 2 is 1.88 bits per heavy atom. The minimum absolute atomic E-state index is 0.297. The first kappa shape index (κ1) is 18.5. The van der Waals surface area contributed by atoms with Crippen molar-refractivity contribution in [2.24, 2.45) is 0 Å². The number of benzene rings is 2. The number of aryl methyl sites for hydroxylation is 1. The van der Waals surface area contributed by atoms with Gasteiger partial charge in [-0.2, -0.15) is 0 Å². The van der Waals surface area contributed by atoms with E-state index in [1.807, 2.05) is 36.4 Å². The standard InChI is InChI=1S/C22H27FN2O/c1-4-11-25-15-18(10-12-24(2)3)19-13-20(23)22(14-21(19)25)26-16-17-8-6-5-7-9-17/h5-9,13-15H,4,10-12,16H2,1-3H3. The van der Waals surface area contributed by atoms with Crippen molar-refractivity contribution in [1.82, 2.24) is 9.47 Å². The third kappa shape index (κ3) is 4.25. The van der Waals surface area contributed by atoms with Crippen LogP contribution in [0.1, 0.15) is 24.5 Å². The normalized spacial score (nSPS) is 11.4. The minimum atomic E-state index is -0.297. The molecule has 26 heavy (non-hydrogen) atoms. The highest BCUT2D eigenvalue weighted by atomic mass is 19.1. The maximum Gasteiger partial charge on any atom is 0.165 e. The first-order chi connectivity index (χ1) is 12.6. The molecule has 0 unspecified atom stereocenters. The van der Waals surface area contributed by atoms with E-state index in [9.17, 15) is 4.39 Å². The lowest BCUT2D eigenvalue weighted by molar-refractivity contribution is 0.291.